The van der Waals surface area contributed by atoms with Gasteiger partial charge in [0.25, 0.3) is 0 Å². The van der Waals surface area contributed by atoms with Crippen molar-refractivity contribution in [3.63, 3.8) is 0 Å². The summed E-state index contributed by atoms with van der Waals surface area (Å²) >= 11 is 1.50. The first-order chi connectivity index (χ1) is 13.7. The van der Waals surface area contributed by atoms with Crippen molar-refractivity contribution < 1.29 is 9.66 Å². The van der Waals surface area contributed by atoms with Crippen LogP contribution in [0.15, 0.2) is 72.4 Å². The van der Waals surface area contributed by atoms with Gasteiger partial charge < -0.3 is 9.30 Å². The minimum Gasteiger partial charge on any atom is -0.486 e. The van der Waals surface area contributed by atoms with Crippen LogP contribution in [0.5, 0.6) is 5.75 Å². The Morgan fingerprint density at radius 3 is 2.64 bits per heavy atom. The molecule has 0 bridgehead atoms. The Labute approximate surface area is 167 Å². The number of ether oxygens (including phenoxy) is 1. The highest BCUT2D eigenvalue weighted by molar-refractivity contribution is 7.99. The van der Waals surface area contributed by atoms with Crippen molar-refractivity contribution in [3.05, 3.63) is 88.8 Å². The summed E-state index contributed by atoms with van der Waals surface area (Å²) in [7, 11) is 0. The molecule has 0 aliphatic carbocycles. The molecule has 144 valence electrons. The monoisotopic (exact) mass is 396 g/mol. The molecule has 28 heavy (non-hydrogen) atoms. The molecule has 0 spiro atoms. The Morgan fingerprint density at radius 2 is 1.89 bits per heavy atom. The van der Waals surface area contributed by atoms with Crippen LogP contribution in [0.3, 0.4) is 0 Å². The van der Waals surface area contributed by atoms with Crippen LogP contribution in [0.2, 0.25) is 0 Å². The van der Waals surface area contributed by atoms with Gasteiger partial charge in [-0.25, -0.2) is 0 Å². The van der Waals surface area contributed by atoms with E-state index in [1.165, 1.54) is 17.8 Å². The first-order valence-corrected chi connectivity index (χ1v) is 9.73. The number of nitro benzene ring substituents is 1. The van der Waals surface area contributed by atoms with Crippen LogP contribution in [0.4, 0.5) is 5.69 Å². The van der Waals surface area contributed by atoms with Gasteiger partial charge in [-0.1, -0.05) is 60.3 Å². The molecule has 0 saturated heterocycles. The van der Waals surface area contributed by atoms with E-state index in [-0.39, 0.29) is 11.4 Å². The number of hydrogen-bond acceptors (Lipinski definition) is 6. The van der Waals surface area contributed by atoms with Crippen molar-refractivity contribution in [2.45, 2.75) is 18.1 Å². The van der Waals surface area contributed by atoms with Crippen LogP contribution >= 0.6 is 11.8 Å². The zero-order chi connectivity index (χ0) is 19.8. The van der Waals surface area contributed by atoms with Gasteiger partial charge in [0.15, 0.2) is 10.9 Å². The van der Waals surface area contributed by atoms with Crippen molar-refractivity contribution in [2.75, 3.05) is 12.4 Å². The zero-order valence-corrected chi connectivity index (χ0v) is 16.0. The van der Waals surface area contributed by atoms with Crippen molar-refractivity contribution in [2.24, 2.45) is 0 Å². The highest BCUT2D eigenvalue weighted by Gasteiger charge is 2.15. The van der Waals surface area contributed by atoms with Crippen LogP contribution in [0.25, 0.3) is 0 Å². The number of benzene rings is 2. The van der Waals surface area contributed by atoms with Gasteiger partial charge in [0.2, 0.25) is 0 Å². The SMILES string of the molecule is C=CCn1c(Cc2ccccc2)nnc1SCCOc1ccccc1[N+](=O)[O-]. The Hall–Kier alpha value is -3.13. The number of hydrogen-bond donors (Lipinski definition) is 0. The van der Waals surface area contributed by atoms with Crippen LogP contribution in [0.1, 0.15) is 11.4 Å². The highest BCUT2D eigenvalue weighted by Crippen LogP contribution is 2.26. The summed E-state index contributed by atoms with van der Waals surface area (Å²) in [6.07, 6.45) is 2.50. The topological polar surface area (TPSA) is 83.1 Å². The number of rotatable bonds is 10. The van der Waals surface area contributed by atoms with Crippen molar-refractivity contribution in [1.29, 1.82) is 0 Å². The second-order valence-electron chi connectivity index (χ2n) is 5.88. The fourth-order valence-electron chi connectivity index (χ4n) is 2.66. The van der Waals surface area contributed by atoms with E-state index >= 15 is 0 Å². The highest BCUT2D eigenvalue weighted by atomic mass is 32.2. The summed E-state index contributed by atoms with van der Waals surface area (Å²) in [6.45, 7) is 4.75. The molecule has 0 atom stereocenters. The number of nitro groups is 1. The molecule has 3 aromatic rings. The summed E-state index contributed by atoms with van der Waals surface area (Å²) in [6, 6.07) is 16.5. The first kappa shape index (κ1) is 19.6. The normalized spacial score (nSPS) is 10.6. The lowest BCUT2D eigenvalue weighted by Crippen LogP contribution is -2.07. The van der Waals surface area contributed by atoms with E-state index in [9.17, 15) is 10.1 Å². The number of thioether (sulfide) groups is 1. The summed E-state index contributed by atoms with van der Waals surface area (Å²) in [4.78, 5) is 10.6. The third-order valence-electron chi connectivity index (χ3n) is 3.94. The number of nitrogens with zero attached hydrogens (tertiary/aromatic N) is 4. The second-order valence-corrected chi connectivity index (χ2v) is 6.94. The van der Waals surface area contributed by atoms with Gasteiger partial charge in [-0.05, 0) is 11.6 Å². The van der Waals surface area contributed by atoms with Crippen LogP contribution in [-0.2, 0) is 13.0 Å². The Balaban J connectivity index is 1.61. The summed E-state index contributed by atoms with van der Waals surface area (Å²) in [5.41, 5.74) is 1.13. The smallest absolute Gasteiger partial charge is 0.310 e. The summed E-state index contributed by atoms with van der Waals surface area (Å²) in [5, 5.41) is 20.4. The molecule has 8 heteroatoms. The molecule has 0 amide bonds. The average molecular weight is 396 g/mol. The average Bonchev–Trinajstić information content (AvgIpc) is 3.08. The van der Waals surface area contributed by atoms with E-state index in [2.05, 4.69) is 28.9 Å². The Kier molecular flexibility index (Phi) is 6.80. The fourth-order valence-corrected chi connectivity index (χ4v) is 3.45. The van der Waals surface area contributed by atoms with E-state index in [1.54, 1.807) is 18.2 Å². The lowest BCUT2D eigenvalue weighted by Gasteiger charge is -2.09. The molecule has 0 aliphatic heterocycles. The maximum Gasteiger partial charge on any atom is 0.310 e. The minimum absolute atomic E-state index is 0.0347. The predicted molar refractivity (Wildman–Crippen MR) is 109 cm³/mol. The van der Waals surface area contributed by atoms with E-state index in [4.69, 9.17) is 4.74 Å². The molecule has 0 aliphatic rings. The molecule has 0 saturated carbocycles. The predicted octanol–water partition coefficient (Wildman–Crippen LogP) is 4.13. The molecule has 2 aromatic carbocycles. The molecule has 7 nitrogen and oxygen atoms in total. The molecular weight excluding hydrogens is 376 g/mol. The van der Waals surface area contributed by atoms with Gasteiger partial charge in [-0.15, -0.1) is 16.8 Å². The van der Waals surface area contributed by atoms with Crippen LogP contribution in [-0.4, -0.2) is 32.0 Å². The minimum atomic E-state index is -0.445. The molecular formula is C20H20N4O3S. The zero-order valence-electron chi connectivity index (χ0n) is 15.2. The van der Waals surface area contributed by atoms with Crippen molar-refractivity contribution in [3.8, 4) is 5.75 Å². The van der Waals surface area contributed by atoms with E-state index in [0.29, 0.717) is 25.3 Å². The molecule has 0 unspecified atom stereocenters. The standard InChI is InChI=1S/C20H20N4O3S/c1-2-12-23-19(15-16-8-4-3-5-9-16)21-22-20(23)28-14-13-27-18-11-7-6-10-17(18)24(25)26/h2-11H,1,12-15H2. The first-order valence-electron chi connectivity index (χ1n) is 8.75. The molecule has 0 fully saturated rings. The quantitative estimate of drug-likeness (QED) is 0.168. The molecule has 1 heterocycles. The van der Waals surface area contributed by atoms with Crippen molar-refractivity contribution in [1.82, 2.24) is 14.8 Å². The summed E-state index contributed by atoms with van der Waals surface area (Å²) < 4.78 is 7.61. The molecule has 3 rings (SSSR count). The maximum absolute atomic E-state index is 11.0. The Bertz CT molecular complexity index is 944. The third-order valence-corrected chi connectivity index (χ3v) is 4.88. The van der Waals surface area contributed by atoms with E-state index in [0.717, 1.165) is 16.5 Å². The number of aromatic nitrogens is 3. The number of para-hydroxylation sites is 2. The largest absolute Gasteiger partial charge is 0.486 e. The van der Waals surface area contributed by atoms with Gasteiger partial charge >= 0.3 is 5.69 Å². The summed E-state index contributed by atoms with van der Waals surface area (Å²) in [5.74, 6) is 1.73. The van der Waals surface area contributed by atoms with Gasteiger partial charge in [-0.2, -0.15) is 0 Å². The lowest BCUT2D eigenvalue weighted by atomic mass is 10.1. The lowest BCUT2D eigenvalue weighted by molar-refractivity contribution is -0.385. The molecule has 0 N–H and O–H groups in total. The van der Waals surface area contributed by atoms with Gasteiger partial charge in [0, 0.05) is 24.8 Å². The number of allylic oxidation sites excluding steroid dienone is 1. The maximum atomic E-state index is 11.0. The fraction of sp³-hybridized carbons (Fsp3) is 0.200. The molecule has 0 radical (unpaired) electrons. The van der Waals surface area contributed by atoms with Gasteiger partial charge in [0.1, 0.15) is 5.82 Å². The van der Waals surface area contributed by atoms with Crippen LogP contribution in [0, 0.1) is 10.1 Å². The molecule has 1 aromatic heterocycles. The second kappa shape index (κ2) is 9.70. The van der Waals surface area contributed by atoms with Crippen LogP contribution < -0.4 is 4.74 Å². The third kappa shape index (κ3) is 4.98. The van der Waals surface area contributed by atoms with E-state index in [1.807, 2.05) is 28.8 Å². The van der Waals surface area contributed by atoms with Crippen molar-refractivity contribution >= 4 is 17.4 Å². The Morgan fingerprint density at radius 1 is 1.14 bits per heavy atom. The van der Waals surface area contributed by atoms with E-state index < -0.39 is 4.92 Å². The van der Waals surface area contributed by atoms with Gasteiger partial charge in [0.05, 0.1) is 11.5 Å². The van der Waals surface area contributed by atoms with Gasteiger partial charge in [-0.3, -0.25) is 10.1 Å².